The molecule has 0 saturated carbocycles. The zero-order valence-corrected chi connectivity index (χ0v) is 13.8. The number of carbonyl (C=O) groups is 1. The van der Waals surface area contributed by atoms with E-state index in [4.69, 9.17) is 0 Å². The Labute approximate surface area is 141 Å². The summed E-state index contributed by atoms with van der Waals surface area (Å²) in [7, 11) is 0. The lowest BCUT2D eigenvalue weighted by molar-refractivity contribution is -0.137. The van der Waals surface area contributed by atoms with E-state index in [1.807, 2.05) is 36.1 Å². The number of fused-ring (bicyclic) bond motifs is 1. The fraction of sp³-hybridized carbons (Fsp3) is 0.444. The molecule has 6 heteroatoms. The summed E-state index contributed by atoms with van der Waals surface area (Å²) < 4.78 is 0. The second kappa shape index (κ2) is 6.19. The van der Waals surface area contributed by atoms with Crippen LogP contribution in [0.2, 0.25) is 0 Å². The maximum atomic E-state index is 12.5. The van der Waals surface area contributed by atoms with Gasteiger partial charge in [-0.3, -0.25) is 9.78 Å². The van der Waals surface area contributed by atoms with Gasteiger partial charge in [0.15, 0.2) is 0 Å². The number of nitrogens with zero attached hydrogens (tertiary/aromatic N) is 5. The summed E-state index contributed by atoms with van der Waals surface area (Å²) in [6, 6.07) is 8.33. The summed E-state index contributed by atoms with van der Waals surface area (Å²) in [4.78, 5) is 30.1. The Hall–Kier alpha value is -2.50. The van der Waals surface area contributed by atoms with E-state index in [9.17, 15) is 4.79 Å². The van der Waals surface area contributed by atoms with Crippen LogP contribution in [0.5, 0.6) is 0 Å². The van der Waals surface area contributed by atoms with Crippen molar-refractivity contribution in [2.45, 2.75) is 44.8 Å². The van der Waals surface area contributed by atoms with E-state index in [0.29, 0.717) is 19.0 Å². The zero-order chi connectivity index (χ0) is 16.5. The van der Waals surface area contributed by atoms with Gasteiger partial charge >= 0.3 is 0 Å². The molecule has 2 saturated heterocycles. The number of hydrogen-bond donors (Lipinski definition) is 0. The third-order valence-electron chi connectivity index (χ3n) is 4.97. The topological polar surface area (TPSA) is 62.2 Å². The number of aromatic nitrogens is 3. The summed E-state index contributed by atoms with van der Waals surface area (Å²) >= 11 is 0. The van der Waals surface area contributed by atoms with Crippen LogP contribution in [0.1, 0.15) is 30.7 Å². The van der Waals surface area contributed by atoms with E-state index < -0.39 is 0 Å². The monoisotopic (exact) mass is 323 g/mol. The third-order valence-corrected chi connectivity index (χ3v) is 4.97. The number of anilines is 1. The molecule has 0 unspecified atom stereocenters. The number of rotatable bonds is 3. The Morgan fingerprint density at radius 3 is 2.75 bits per heavy atom. The van der Waals surface area contributed by atoms with Crippen LogP contribution in [0, 0.1) is 6.92 Å². The second-order valence-electron chi connectivity index (χ2n) is 6.50. The lowest BCUT2D eigenvalue weighted by Crippen LogP contribution is -2.52. The van der Waals surface area contributed by atoms with Crippen molar-refractivity contribution in [1.82, 2.24) is 19.9 Å². The maximum absolute atomic E-state index is 12.5. The lowest BCUT2D eigenvalue weighted by atomic mass is 9.96. The molecule has 4 rings (SSSR count). The molecule has 0 bridgehead atoms. The van der Waals surface area contributed by atoms with Crippen LogP contribution in [0.25, 0.3) is 0 Å². The predicted octanol–water partition coefficient (Wildman–Crippen LogP) is 1.95. The van der Waals surface area contributed by atoms with Gasteiger partial charge in [0.05, 0.1) is 24.3 Å². The van der Waals surface area contributed by atoms with Crippen molar-refractivity contribution < 1.29 is 4.79 Å². The highest BCUT2D eigenvalue weighted by Crippen LogP contribution is 2.34. The first-order valence-corrected chi connectivity index (χ1v) is 8.48. The van der Waals surface area contributed by atoms with Gasteiger partial charge in [-0.2, -0.15) is 0 Å². The van der Waals surface area contributed by atoms with Gasteiger partial charge in [-0.25, -0.2) is 9.97 Å². The first-order valence-electron chi connectivity index (χ1n) is 8.48. The minimum atomic E-state index is 0.220. The summed E-state index contributed by atoms with van der Waals surface area (Å²) in [6.45, 7) is 3.46. The van der Waals surface area contributed by atoms with Gasteiger partial charge < -0.3 is 9.80 Å². The van der Waals surface area contributed by atoms with Crippen molar-refractivity contribution in [3.63, 3.8) is 0 Å². The minimum Gasteiger partial charge on any atom is -0.336 e. The molecule has 1 amide bonds. The van der Waals surface area contributed by atoms with E-state index in [1.54, 1.807) is 12.4 Å². The van der Waals surface area contributed by atoms with Crippen LogP contribution in [0.15, 0.2) is 36.7 Å². The van der Waals surface area contributed by atoms with Gasteiger partial charge in [-0.1, -0.05) is 6.07 Å². The quantitative estimate of drug-likeness (QED) is 0.864. The predicted molar refractivity (Wildman–Crippen MR) is 90.3 cm³/mol. The number of carbonyl (C=O) groups excluding carboxylic acids is 1. The third kappa shape index (κ3) is 2.72. The van der Waals surface area contributed by atoms with Crippen LogP contribution in [0.4, 0.5) is 5.95 Å². The number of hydrogen-bond acceptors (Lipinski definition) is 5. The fourth-order valence-corrected chi connectivity index (χ4v) is 3.90. The van der Waals surface area contributed by atoms with Crippen molar-refractivity contribution in [1.29, 1.82) is 0 Å². The number of pyridine rings is 1. The van der Waals surface area contributed by atoms with Crippen LogP contribution in [0.3, 0.4) is 0 Å². The normalized spacial score (nSPS) is 23.5. The first kappa shape index (κ1) is 15.1. The Balaban J connectivity index is 1.56. The molecule has 0 spiro atoms. The molecule has 0 aromatic carbocycles. The Morgan fingerprint density at radius 1 is 1.12 bits per heavy atom. The van der Waals surface area contributed by atoms with E-state index in [-0.39, 0.29) is 11.9 Å². The molecule has 6 nitrogen and oxygen atoms in total. The Kier molecular flexibility index (Phi) is 3.88. The molecule has 0 N–H and O–H groups in total. The van der Waals surface area contributed by atoms with Crippen molar-refractivity contribution in [2.24, 2.45) is 0 Å². The van der Waals surface area contributed by atoms with Crippen molar-refractivity contribution in [3.8, 4) is 0 Å². The van der Waals surface area contributed by atoms with E-state index in [2.05, 4.69) is 19.9 Å². The molecule has 2 aliphatic heterocycles. The van der Waals surface area contributed by atoms with Crippen molar-refractivity contribution in [3.05, 3.63) is 48.0 Å². The van der Waals surface area contributed by atoms with Crippen LogP contribution in [-0.4, -0.2) is 44.4 Å². The number of piperidine rings is 1. The van der Waals surface area contributed by atoms with Gasteiger partial charge in [0.2, 0.25) is 11.9 Å². The van der Waals surface area contributed by atoms with E-state index >= 15 is 0 Å². The van der Waals surface area contributed by atoms with Gasteiger partial charge in [0.1, 0.15) is 0 Å². The molecule has 2 aliphatic rings. The summed E-state index contributed by atoms with van der Waals surface area (Å²) in [5.74, 6) is 1.00. The fourth-order valence-electron chi connectivity index (χ4n) is 3.90. The first-order chi connectivity index (χ1) is 11.7. The SMILES string of the molecule is Cc1cccc(CN2C(=O)CC[C@@H]3[C@H]2CCN3c2ncccn2)n1. The number of amides is 1. The van der Waals surface area contributed by atoms with Gasteiger partial charge in [0, 0.05) is 31.1 Å². The minimum absolute atomic E-state index is 0.220. The van der Waals surface area contributed by atoms with Crippen molar-refractivity contribution >= 4 is 11.9 Å². The smallest absolute Gasteiger partial charge is 0.225 e. The summed E-state index contributed by atoms with van der Waals surface area (Å²) in [6.07, 6.45) is 5.96. The molecule has 0 radical (unpaired) electrons. The average molecular weight is 323 g/mol. The maximum Gasteiger partial charge on any atom is 0.225 e. The van der Waals surface area contributed by atoms with Gasteiger partial charge in [-0.15, -0.1) is 0 Å². The molecule has 24 heavy (non-hydrogen) atoms. The summed E-state index contributed by atoms with van der Waals surface area (Å²) in [5.41, 5.74) is 1.94. The molecule has 2 atom stereocenters. The summed E-state index contributed by atoms with van der Waals surface area (Å²) in [5, 5.41) is 0. The molecule has 2 aromatic rings. The van der Waals surface area contributed by atoms with Crippen LogP contribution in [-0.2, 0) is 11.3 Å². The molecule has 2 fully saturated rings. The van der Waals surface area contributed by atoms with Gasteiger partial charge in [0.25, 0.3) is 0 Å². The second-order valence-corrected chi connectivity index (χ2v) is 6.50. The molecular formula is C18H21N5O. The van der Waals surface area contributed by atoms with Gasteiger partial charge in [-0.05, 0) is 38.0 Å². The number of likely N-dealkylation sites (tertiary alicyclic amines) is 1. The number of aryl methyl sites for hydroxylation is 1. The Bertz CT molecular complexity index is 735. The highest BCUT2D eigenvalue weighted by atomic mass is 16.2. The largest absolute Gasteiger partial charge is 0.336 e. The van der Waals surface area contributed by atoms with Crippen LogP contribution >= 0.6 is 0 Å². The highest BCUT2D eigenvalue weighted by Gasteiger charge is 2.43. The molecule has 0 aliphatic carbocycles. The van der Waals surface area contributed by atoms with Crippen LogP contribution < -0.4 is 4.90 Å². The molecule has 4 heterocycles. The van der Waals surface area contributed by atoms with E-state index in [1.165, 1.54) is 0 Å². The molecule has 124 valence electrons. The lowest BCUT2D eigenvalue weighted by Gasteiger charge is -2.39. The Morgan fingerprint density at radius 2 is 1.96 bits per heavy atom. The molecule has 2 aromatic heterocycles. The van der Waals surface area contributed by atoms with E-state index in [0.717, 1.165) is 36.7 Å². The zero-order valence-electron chi connectivity index (χ0n) is 13.8. The standard InChI is InChI=1S/C18H21N5O/c1-13-4-2-5-14(21-13)12-23-16-8-11-22(15(16)6-7-17(23)24)18-19-9-3-10-20-18/h2-5,9-10,15-16H,6-8,11-12H2,1H3/t15-,16-/m1/s1. The molecular weight excluding hydrogens is 302 g/mol. The van der Waals surface area contributed by atoms with Crippen molar-refractivity contribution in [2.75, 3.05) is 11.4 Å². The highest BCUT2D eigenvalue weighted by molar-refractivity contribution is 5.78. The average Bonchev–Trinajstić information content (AvgIpc) is 3.02.